The molecule has 0 saturated carbocycles. The molecule has 1 aliphatic rings. The Hall–Kier alpha value is -2.16. The first kappa shape index (κ1) is 15.2. The molecule has 1 aliphatic heterocycles. The van der Waals surface area contributed by atoms with Crippen molar-refractivity contribution in [2.45, 2.75) is 46.1 Å². The fourth-order valence-electron chi connectivity index (χ4n) is 2.74. The molecule has 1 aromatic heterocycles. The number of rotatable bonds is 5. The van der Waals surface area contributed by atoms with Gasteiger partial charge in [-0.15, -0.1) is 0 Å². The van der Waals surface area contributed by atoms with Crippen molar-refractivity contribution in [2.75, 3.05) is 13.1 Å². The zero-order valence-electron chi connectivity index (χ0n) is 12.6. The maximum atomic E-state index is 12.3. The lowest BCUT2D eigenvalue weighted by Gasteiger charge is -2.17. The van der Waals surface area contributed by atoms with Crippen LogP contribution in [0.5, 0.6) is 0 Å². The van der Waals surface area contributed by atoms with E-state index in [0.717, 1.165) is 24.2 Å². The van der Waals surface area contributed by atoms with Crippen molar-refractivity contribution in [3.63, 3.8) is 0 Å². The molecule has 1 saturated heterocycles. The Bertz CT molecular complexity index is 642. The third kappa shape index (κ3) is 2.97. The van der Waals surface area contributed by atoms with E-state index in [1.165, 1.54) is 4.68 Å². The highest BCUT2D eigenvalue weighted by Gasteiger charge is 2.21. The molecule has 21 heavy (non-hydrogen) atoms. The Kier molecular flexibility index (Phi) is 4.73. The summed E-state index contributed by atoms with van der Waals surface area (Å²) in [5.74, 6) is 0.129. The van der Waals surface area contributed by atoms with E-state index in [9.17, 15) is 14.9 Å². The minimum atomic E-state index is -0.349. The first-order valence-electron chi connectivity index (χ1n) is 7.43. The topological polar surface area (TPSA) is 79.0 Å². The van der Waals surface area contributed by atoms with E-state index in [4.69, 9.17) is 0 Å². The van der Waals surface area contributed by atoms with Gasteiger partial charge in [-0.05, 0) is 24.8 Å². The van der Waals surface area contributed by atoms with Crippen LogP contribution in [0.4, 0.5) is 0 Å². The summed E-state index contributed by atoms with van der Waals surface area (Å²) in [5, 5.41) is 13.6. The lowest BCUT2D eigenvalue weighted by molar-refractivity contribution is -0.127. The fourth-order valence-corrected chi connectivity index (χ4v) is 2.74. The van der Waals surface area contributed by atoms with Gasteiger partial charge in [-0.2, -0.15) is 10.4 Å². The number of hydrogen-bond acceptors (Lipinski definition) is 4. The van der Waals surface area contributed by atoms with Gasteiger partial charge in [0, 0.05) is 19.5 Å². The number of nitrogens with zero attached hydrogens (tertiary/aromatic N) is 4. The van der Waals surface area contributed by atoms with Gasteiger partial charge >= 0.3 is 0 Å². The second-order valence-electron chi connectivity index (χ2n) is 5.13. The van der Waals surface area contributed by atoms with Crippen LogP contribution in [0.15, 0.2) is 4.79 Å². The lowest BCUT2D eigenvalue weighted by Crippen LogP contribution is -2.35. The van der Waals surface area contributed by atoms with Crippen molar-refractivity contribution < 1.29 is 4.79 Å². The Morgan fingerprint density at radius 3 is 2.52 bits per heavy atom. The van der Waals surface area contributed by atoms with Gasteiger partial charge in [0.05, 0.1) is 12.2 Å². The zero-order chi connectivity index (χ0) is 15.4. The Morgan fingerprint density at radius 1 is 1.24 bits per heavy atom. The molecule has 0 radical (unpaired) electrons. The normalized spacial score (nSPS) is 14.5. The van der Waals surface area contributed by atoms with Crippen LogP contribution in [-0.2, 0) is 24.2 Å². The molecule has 1 amide bonds. The highest BCUT2D eigenvalue weighted by molar-refractivity contribution is 5.77. The van der Waals surface area contributed by atoms with E-state index in [2.05, 4.69) is 5.10 Å². The Labute approximate surface area is 124 Å². The molecule has 6 nitrogen and oxygen atoms in total. The van der Waals surface area contributed by atoms with E-state index in [1.807, 2.05) is 19.9 Å². The second-order valence-corrected chi connectivity index (χ2v) is 5.13. The van der Waals surface area contributed by atoms with Crippen LogP contribution in [-0.4, -0.2) is 33.7 Å². The van der Waals surface area contributed by atoms with Crippen molar-refractivity contribution in [3.05, 3.63) is 27.2 Å². The molecule has 0 bridgehead atoms. The molecular formula is C15H20N4O2. The number of aryl methyl sites for hydroxylation is 1. The van der Waals surface area contributed by atoms with Crippen molar-refractivity contribution >= 4 is 5.91 Å². The molecule has 112 valence electrons. The molecule has 0 N–H and O–H groups in total. The van der Waals surface area contributed by atoms with E-state index in [0.29, 0.717) is 32.4 Å². The molecule has 1 aromatic rings. The van der Waals surface area contributed by atoms with Crippen LogP contribution in [0.1, 0.15) is 43.5 Å². The lowest BCUT2D eigenvalue weighted by atomic mass is 10.0. The molecule has 0 spiro atoms. The summed E-state index contributed by atoms with van der Waals surface area (Å²) in [6.07, 6.45) is 2.76. The van der Waals surface area contributed by atoms with Crippen LogP contribution in [0, 0.1) is 11.3 Å². The maximum absolute atomic E-state index is 12.3. The van der Waals surface area contributed by atoms with Crippen molar-refractivity contribution in [2.24, 2.45) is 0 Å². The minimum Gasteiger partial charge on any atom is -0.341 e. The quantitative estimate of drug-likeness (QED) is 0.805. The fraction of sp³-hybridized carbons (Fsp3) is 0.600. The summed E-state index contributed by atoms with van der Waals surface area (Å²) < 4.78 is 1.34. The van der Waals surface area contributed by atoms with E-state index < -0.39 is 0 Å². The molecule has 2 rings (SSSR count). The first-order valence-corrected chi connectivity index (χ1v) is 7.43. The van der Waals surface area contributed by atoms with Gasteiger partial charge in [0.15, 0.2) is 0 Å². The molecule has 1 fully saturated rings. The van der Waals surface area contributed by atoms with Crippen molar-refractivity contribution in [1.29, 1.82) is 5.26 Å². The zero-order valence-corrected chi connectivity index (χ0v) is 12.6. The van der Waals surface area contributed by atoms with Crippen LogP contribution in [0.3, 0.4) is 0 Å². The van der Waals surface area contributed by atoms with Gasteiger partial charge in [-0.25, -0.2) is 4.68 Å². The summed E-state index contributed by atoms with van der Waals surface area (Å²) in [6.45, 7) is 5.44. The third-order valence-electron chi connectivity index (χ3n) is 3.89. The SMILES string of the molecule is CCc1nn(CCN2CCCC2=O)c(=O)c(C#N)c1CC. The average molecular weight is 288 g/mol. The summed E-state index contributed by atoms with van der Waals surface area (Å²) in [7, 11) is 0. The van der Waals surface area contributed by atoms with Gasteiger partial charge in [0.2, 0.25) is 5.91 Å². The molecule has 2 heterocycles. The van der Waals surface area contributed by atoms with E-state index >= 15 is 0 Å². The van der Waals surface area contributed by atoms with Crippen molar-refractivity contribution in [3.8, 4) is 6.07 Å². The number of aromatic nitrogens is 2. The van der Waals surface area contributed by atoms with Crippen LogP contribution in [0.25, 0.3) is 0 Å². The number of amides is 1. The molecule has 6 heteroatoms. The molecule has 0 atom stereocenters. The molecule has 0 unspecified atom stereocenters. The number of nitriles is 1. The summed E-state index contributed by atoms with van der Waals surface area (Å²) >= 11 is 0. The van der Waals surface area contributed by atoms with Crippen LogP contribution < -0.4 is 5.56 Å². The standard InChI is InChI=1S/C15H20N4O2/c1-3-11-12(10-16)15(21)19(17-13(11)4-2)9-8-18-7-5-6-14(18)20/h3-9H2,1-2H3. The monoisotopic (exact) mass is 288 g/mol. The predicted octanol–water partition coefficient (Wildman–Crippen LogP) is 0.862. The molecule has 0 aliphatic carbocycles. The van der Waals surface area contributed by atoms with Gasteiger partial charge in [-0.1, -0.05) is 13.8 Å². The number of hydrogen-bond donors (Lipinski definition) is 0. The summed E-state index contributed by atoms with van der Waals surface area (Å²) in [6, 6.07) is 2.01. The molecule has 0 aromatic carbocycles. The number of carbonyl (C=O) groups excluding carboxylic acids is 1. The summed E-state index contributed by atoms with van der Waals surface area (Å²) in [4.78, 5) is 25.7. The minimum absolute atomic E-state index is 0.129. The predicted molar refractivity (Wildman–Crippen MR) is 77.8 cm³/mol. The largest absolute Gasteiger partial charge is 0.341 e. The van der Waals surface area contributed by atoms with Gasteiger partial charge in [0.25, 0.3) is 5.56 Å². The second kappa shape index (κ2) is 6.53. The molecular weight excluding hydrogens is 268 g/mol. The number of likely N-dealkylation sites (tertiary alicyclic amines) is 1. The Morgan fingerprint density at radius 2 is 2.00 bits per heavy atom. The highest BCUT2D eigenvalue weighted by Crippen LogP contribution is 2.11. The summed E-state index contributed by atoms with van der Waals surface area (Å²) in [5.41, 5.74) is 1.38. The smallest absolute Gasteiger partial charge is 0.285 e. The first-order chi connectivity index (χ1) is 10.1. The maximum Gasteiger partial charge on any atom is 0.285 e. The van der Waals surface area contributed by atoms with Crippen molar-refractivity contribution in [1.82, 2.24) is 14.7 Å². The number of carbonyl (C=O) groups is 1. The highest BCUT2D eigenvalue weighted by atomic mass is 16.2. The van der Waals surface area contributed by atoms with Gasteiger partial charge in [0.1, 0.15) is 11.6 Å². The van der Waals surface area contributed by atoms with Gasteiger partial charge < -0.3 is 4.90 Å². The average Bonchev–Trinajstić information content (AvgIpc) is 2.90. The van der Waals surface area contributed by atoms with Gasteiger partial charge in [-0.3, -0.25) is 9.59 Å². The van der Waals surface area contributed by atoms with Crippen LogP contribution >= 0.6 is 0 Å². The Balaban J connectivity index is 2.29. The van der Waals surface area contributed by atoms with E-state index in [-0.39, 0.29) is 17.0 Å². The van der Waals surface area contributed by atoms with Crippen LogP contribution in [0.2, 0.25) is 0 Å². The third-order valence-corrected chi connectivity index (χ3v) is 3.89. The van der Waals surface area contributed by atoms with E-state index in [1.54, 1.807) is 4.90 Å².